The van der Waals surface area contributed by atoms with Crippen molar-refractivity contribution in [2.45, 2.75) is 44.9 Å². The second kappa shape index (κ2) is 7.05. The third kappa shape index (κ3) is 4.24. The monoisotopic (exact) mass is 226 g/mol. The highest BCUT2D eigenvalue weighted by atomic mass is 16.5. The molecule has 3 nitrogen and oxygen atoms in total. The molecule has 0 aromatic heterocycles. The molecule has 94 valence electrons. The first-order chi connectivity index (χ1) is 7.67. The molecule has 1 N–H and O–H groups in total. The molecular formula is C13H26N2O. The highest BCUT2D eigenvalue weighted by Gasteiger charge is 2.21. The molecule has 0 saturated carbocycles. The summed E-state index contributed by atoms with van der Waals surface area (Å²) in [6.07, 6.45) is 4.73. The van der Waals surface area contributed by atoms with E-state index in [0.29, 0.717) is 12.1 Å². The minimum absolute atomic E-state index is 0.284. The van der Waals surface area contributed by atoms with Crippen molar-refractivity contribution in [1.82, 2.24) is 10.2 Å². The van der Waals surface area contributed by atoms with E-state index in [1.807, 2.05) is 6.08 Å². The molecular weight excluding hydrogens is 200 g/mol. The summed E-state index contributed by atoms with van der Waals surface area (Å²) in [6, 6.07) is 1.08. The molecule has 2 unspecified atom stereocenters. The van der Waals surface area contributed by atoms with Crippen LogP contribution < -0.4 is 5.32 Å². The summed E-state index contributed by atoms with van der Waals surface area (Å²) < 4.78 is 5.33. The lowest BCUT2D eigenvalue weighted by Crippen LogP contribution is -2.48. The van der Waals surface area contributed by atoms with Crippen molar-refractivity contribution in [1.29, 1.82) is 0 Å². The van der Waals surface area contributed by atoms with Crippen LogP contribution in [0.1, 0.15) is 26.7 Å². The van der Waals surface area contributed by atoms with Gasteiger partial charge >= 0.3 is 0 Å². The van der Waals surface area contributed by atoms with Crippen LogP contribution in [-0.2, 0) is 4.74 Å². The van der Waals surface area contributed by atoms with Crippen molar-refractivity contribution in [3.8, 4) is 0 Å². The maximum atomic E-state index is 5.33. The van der Waals surface area contributed by atoms with Crippen LogP contribution in [0.25, 0.3) is 0 Å². The molecule has 1 rings (SSSR count). The van der Waals surface area contributed by atoms with E-state index in [1.165, 1.54) is 25.9 Å². The van der Waals surface area contributed by atoms with E-state index in [0.717, 1.165) is 6.54 Å². The molecule has 0 amide bonds. The molecule has 1 fully saturated rings. The zero-order valence-corrected chi connectivity index (χ0v) is 10.9. The topological polar surface area (TPSA) is 24.5 Å². The Morgan fingerprint density at radius 2 is 2.06 bits per heavy atom. The van der Waals surface area contributed by atoms with Crippen LogP contribution in [0.3, 0.4) is 0 Å². The van der Waals surface area contributed by atoms with Crippen LogP contribution in [0.2, 0.25) is 0 Å². The molecule has 0 aromatic rings. The third-order valence-electron chi connectivity index (χ3n) is 3.55. The predicted molar refractivity (Wildman–Crippen MR) is 68.7 cm³/mol. The van der Waals surface area contributed by atoms with Crippen LogP contribution >= 0.6 is 0 Å². The van der Waals surface area contributed by atoms with Crippen molar-refractivity contribution < 1.29 is 4.74 Å². The summed E-state index contributed by atoms with van der Waals surface area (Å²) in [5.74, 6) is 0. The van der Waals surface area contributed by atoms with Crippen LogP contribution in [0.4, 0.5) is 0 Å². The number of nitrogens with zero attached hydrogens (tertiary/aromatic N) is 1. The normalized spacial score (nSPS) is 22.9. The Bertz CT molecular complexity index is 200. The average molecular weight is 226 g/mol. The lowest BCUT2D eigenvalue weighted by atomic mass is 10.0. The Kier molecular flexibility index (Phi) is 6.03. The maximum Gasteiger partial charge on any atom is 0.0693 e. The van der Waals surface area contributed by atoms with E-state index in [2.05, 4.69) is 30.6 Å². The van der Waals surface area contributed by atoms with Gasteiger partial charge in [-0.2, -0.15) is 0 Å². The summed E-state index contributed by atoms with van der Waals surface area (Å²) in [6.45, 7) is 11.5. The van der Waals surface area contributed by atoms with Gasteiger partial charge in [-0.1, -0.05) is 6.08 Å². The van der Waals surface area contributed by atoms with Gasteiger partial charge < -0.3 is 10.1 Å². The van der Waals surface area contributed by atoms with Crippen LogP contribution in [0.5, 0.6) is 0 Å². The Balaban J connectivity index is 2.23. The summed E-state index contributed by atoms with van der Waals surface area (Å²) in [5.41, 5.74) is 0. The molecule has 0 bridgehead atoms. The zero-order chi connectivity index (χ0) is 12.0. The lowest BCUT2D eigenvalue weighted by Gasteiger charge is -2.34. The van der Waals surface area contributed by atoms with Gasteiger partial charge in [0.2, 0.25) is 0 Å². The number of likely N-dealkylation sites (tertiary alicyclic amines) is 1. The average Bonchev–Trinajstić information content (AvgIpc) is 2.31. The molecule has 1 aliphatic rings. The molecule has 2 atom stereocenters. The van der Waals surface area contributed by atoms with Gasteiger partial charge in [-0.05, 0) is 39.8 Å². The van der Waals surface area contributed by atoms with Gasteiger partial charge in [0.1, 0.15) is 0 Å². The second-order valence-electron chi connectivity index (χ2n) is 4.76. The Hall–Kier alpha value is -0.380. The van der Waals surface area contributed by atoms with Gasteiger partial charge in [0.15, 0.2) is 0 Å². The Morgan fingerprint density at radius 3 is 2.56 bits per heavy atom. The fourth-order valence-corrected chi connectivity index (χ4v) is 2.18. The van der Waals surface area contributed by atoms with Crippen molar-refractivity contribution in [2.75, 3.05) is 26.7 Å². The molecule has 1 aliphatic heterocycles. The molecule has 16 heavy (non-hydrogen) atoms. The van der Waals surface area contributed by atoms with Gasteiger partial charge in [0.05, 0.1) is 6.10 Å². The first-order valence-electron chi connectivity index (χ1n) is 6.29. The van der Waals surface area contributed by atoms with E-state index in [1.54, 1.807) is 7.11 Å². The number of hydrogen-bond donors (Lipinski definition) is 1. The number of nitrogens with one attached hydrogen (secondary N) is 1. The maximum absolute atomic E-state index is 5.33. The standard InChI is InChI=1S/C13H26N2O/c1-5-8-15-9-6-13(7-10-15)14-11(2)12(3)16-4/h5,11-14H,1,6-10H2,2-4H3. The van der Waals surface area contributed by atoms with Crippen molar-refractivity contribution in [2.24, 2.45) is 0 Å². The smallest absolute Gasteiger partial charge is 0.0693 e. The van der Waals surface area contributed by atoms with Crippen LogP contribution in [0, 0.1) is 0 Å². The minimum atomic E-state index is 0.284. The van der Waals surface area contributed by atoms with E-state index < -0.39 is 0 Å². The number of methoxy groups -OCH3 is 1. The van der Waals surface area contributed by atoms with Crippen LogP contribution in [-0.4, -0.2) is 49.8 Å². The largest absolute Gasteiger partial charge is 0.380 e. The van der Waals surface area contributed by atoms with Crippen molar-refractivity contribution >= 4 is 0 Å². The molecule has 3 heteroatoms. The van der Waals surface area contributed by atoms with Gasteiger partial charge in [-0.25, -0.2) is 0 Å². The van der Waals surface area contributed by atoms with Crippen molar-refractivity contribution in [3.05, 3.63) is 12.7 Å². The van der Waals surface area contributed by atoms with Gasteiger partial charge in [0.25, 0.3) is 0 Å². The Morgan fingerprint density at radius 1 is 1.44 bits per heavy atom. The van der Waals surface area contributed by atoms with E-state index in [-0.39, 0.29) is 6.10 Å². The lowest BCUT2D eigenvalue weighted by molar-refractivity contribution is 0.0789. The van der Waals surface area contributed by atoms with Gasteiger partial charge in [-0.15, -0.1) is 6.58 Å². The quantitative estimate of drug-likeness (QED) is 0.697. The first kappa shape index (κ1) is 13.7. The molecule has 0 aromatic carbocycles. The number of rotatable bonds is 6. The Labute approximate surface area is 99.8 Å². The van der Waals surface area contributed by atoms with Crippen LogP contribution in [0.15, 0.2) is 12.7 Å². The predicted octanol–water partition coefficient (Wildman–Crippen LogP) is 1.65. The molecule has 1 heterocycles. The second-order valence-corrected chi connectivity index (χ2v) is 4.76. The minimum Gasteiger partial charge on any atom is -0.380 e. The highest BCUT2D eigenvalue weighted by Crippen LogP contribution is 2.11. The van der Waals surface area contributed by atoms with Crippen molar-refractivity contribution in [3.63, 3.8) is 0 Å². The highest BCUT2D eigenvalue weighted by molar-refractivity contribution is 4.83. The summed E-state index contributed by atoms with van der Waals surface area (Å²) in [4.78, 5) is 2.45. The van der Waals surface area contributed by atoms with Gasteiger partial charge in [0, 0.05) is 25.7 Å². The first-order valence-corrected chi connectivity index (χ1v) is 6.29. The van der Waals surface area contributed by atoms with E-state index in [9.17, 15) is 0 Å². The SMILES string of the molecule is C=CCN1CCC(NC(C)C(C)OC)CC1. The summed E-state index contributed by atoms with van der Waals surface area (Å²) in [7, 11) is 1.77. The summed E-state index contributed by atoms with van der Waals surface area (Å²) in [5, 5.41) is 3.65. The third-order valence-corrected chi connectivity index (χ3v) is 3.55. The zero-order valence-electron chi connectivity index (χ0n) is 10.9. The number of piperidine rings is 1. The van der Waals surface area contributed by atoms with E-state index >= 15 is 0 Å². The molecule has 1 saturated heterocycles. The number of hydrogen-bond acceptors (Lipinski definition) is 3. The summed E-state index contributed by atoms with van der Waals surface area (Å²) >= 11 is 0. The fourth-order valence-electron chi connectivity index (χ4n) is 2.18. The molecule has 0 aliphatic carbocycles. The van der Waals surface area contributed by atoms with Gasteiger partial charge in [-0.3, -0.25) is 4.90 Å². The van der Waals surface area contributed by atoms with E-state index in [4.69, 9.17) is 4.74 Å². The number of ether oxygens (including phenoxy) is 1. The molecule has 0 radical (unpaired) electrons. The molecule has 0 spiro atoms. The fraction of sp³-hybridized carbons (Fsp3) is 0.846.